The Morgan fingerprint density at radius 3 is 3.00 bits per heavy atom. The molecule has 92 valence electrons. The number of hydrogen-bond donors (Lipinski definition) is 1. The van der Waals surface area contributed by atoms with Gasteiger partial charge >= 0.3 is 0 Å². The summed E-state index contributed by atoms with van der Waals surface area (Å²) in [6.07, 6.45) is 5.39. The molecular formula is C13H19N3O. The van der Waals surface area contributed by atoms with Gasteiger partial charge in [0.05, 0.1) is 17.7 Å². The topological polar surface area (TPSA) is 61.8 Å². The predicted octanol–water partition coefficient (Wildman–Crippen LogP) is 2.27. The normalized spacial score (nSPS) is 30.1. The first-order valence-electron chi connectivity index (χ1n) is 6.23. The Kier molecular flexibility index (Phi) is 3.21. The van der Waals surface area contributed by atoms with Gasteiger partial charge in [0.1, 0.15) is 6.10 Å². The van der Waals surface area contributed by atoms with E-state index in [4.69, 9.17) is 0 Å². The SMILES string of the molecule is CCn1cc(C(O)C2(C#N)CCC(C)C2)cn1. The number of hydrogen-bond acceptors (Lipinski definition) is 3. The van der Waals surface area contributed by atoms with Crippen molar-refractivity contribution in [3.8, 4) is 6.07 Å². The van der Waals surface area contributed by atoms with Crippen LogP contribution in [-0.4, -0.2) is 14.9 Å². The van der Waals surface area contributed by atoms with Gasteiger partial charge in [0.25, 0.3) is 0 Å². The first-order valence-corrected chi connectivity index (χ1v) is 6.23. The van der Waals surface area contributed by atoms with Crippen LogP contribution in [0.25, 0.3) is 0 Å². The van der Waals surface area contributed by atoms with Crippen molar-refractivity contribution in [3.63, 3.8) is 0 Å². The molecule has 1 aromatic heterocycles. The Morgan fingerprint density at radius 2 is 2.53 bits per heavy atom. The van der Waals surface area contributed by atoms with Gasteiger partial charge in [-0.25, -0.2) is 0 Å². The van der Waals surface area contributed by atoms with E-state index in [-0.39, 0.29) is 0 Å². The second kappa shape index (κ2) is 4.50. The molecule has 0 radical (unpaired) electrons. The number of nitriles is 1. The molecule has 2 rings (SSSR count). The summed E-state index contributed by atoms with van der Waals surface area (Å²) in [5.41, 5.74) is 0.156. The number of aliphatic hydroxyl groups excluding tert-OH is 1. The molecule has 17 heavy (non-hydrogen) atoms. The summed E-state index contributed by atoms with van der Waals surface area (Å²) in [5, 5.41) is 24.0. The van der Waals surface area contributed by atoms with Crippen molar-refractivity contribution in [2.24, 2.45) is 11.3 Å². The van der Waals surface area contributed by atoms with Crippen molar-refractivity contribution in [2.45, 2.75) is 45.8 Å². The molecule has 0 saturated heterocycles. The van der Waals surface area contributed by atoms with E-state index >= 15 is 0 Å². The second-order valence-electron chi connectivity index (χ2n) is 5.15. The lowest BCUT2D eigenvalue weighted by atomic mass is 9.79. The molecular weight excluding hydrogens is 214 g/mol. The van der Waals surface area contributed by atoms with Gasteiger partial charge in [-0.15, -0.1) is 0 Å². The number of rotatable bonds is 3. The summed E-state index contributed by atoms with van der Waals surface area (Å²) in [6, 6.07) is 2.35. The third-order valence-corrected chi connectivity index (χ3v) is 3.83. The van der Waals surface area contributed by atoms with Crippen LogP contribution < -0.4 is 0 Å². The lowest BCUT2D eigenvalue weighted by Gasteiger charge is -2.26. The highest BCUT2D eigenvalue weighted by atomic mass is 16.3. The Labute approximate surface area is 102 Å². The van der Waals surface area contributed by atoms with Crippen LogP contribution in [0.15, 0.2) is 12.4 Å². The zero-order valence-electron chi connectivity index (χ0n) is 10.4. The fourth-order valence-electron chi connectivity index (χ4n) is 2.75. The highest BCUT2D eigenvalue weighted by Crippen LogP contribution is 2.49. The van der Waals surface area contributed by atoms with Gasteiger partial charge in [-0.1, -0.05) is 6.92 Å². The van der Waals surface area contributed by atoms with Gasteiger partial charge in [-0.3, -0.25) is 4.68 Å². The number of aliphatic hydroxyl groups is 1. The van der Waals surface area contributed by atoms with Crippen molar-refractivity contribution in [2.75, 3.05) is 0 Å². The zero-order chi connectivity index (χ0) is 12.5. The third kappa shape index (κ3) is 2.07. The fraction of sp³-hybridized carbons (Fsp3) is 0.692. The van der Waals surface area contributed by atoms with Gasteiger partial charge in [-0.05, 0) is 32.1 Å². The molecule has 3 atom stereocenters. The van der Waals surface area contributed by atoms with Gasteiger partial charge in [0.2, 0.25) is 0 Å². The Morgan fingerprint density at radius 1 is 1.76 bits per heavy atom. The maximum absolute atomic E-state index is 10.4. The van der Waals surface area contributed by atoms with Crippen LogP contribution >= 0.6 is 0 Å². The quantitative estimate of drug-likeness (QED) is 0.871. The Bertz CT molecular complexity index is 434. The van der Waals surface area contributed by atoms with Crippen molar-refractivity contribution in [1.29, 1.82) is 5.26 Å². The molecule has 1 aromatic rings. The summed E-state index contributed by atoms with van der Waals surface area (Å²) < 4.78 is 1.78. The lowest BCUT2D eigenvalue weighted by Crippen LogP contribution is -2.24. The average Bonchev–Trinajstić information content (AvgIpc) is 2.95. The van der Waals surface area contributed by atoms with E-state index < -0.39 is 11.5 Å². The minimum atomic E-state index is -0.710. The molecule has 3 unspecified atom stereocenters. The molecule has 1 fully saturated rings. The maximum atomic E-state index is 10.4. The number of aromatic nitrogens is 2. The first-order chi connectivity index (χ1) is 8.11. The first kappa shape index (κ1) is 12.1. The molecule has 1 heterocycles. The van der Waals surface area contributed by atoms with Gasteiger partial charge < -0.3 is 5.11 Å². The van der Waals surface area contributed by atoms with Crippen molar-refractivity contribution in [3.05, 3.63) is 18.0 Å². The van der Waals surface area contributed by atoms with Crippen LogP contribution in [0, 0.1) is 22.7 Å². The van der Waals surface area contributed by atoms with Crippen LogP contribution in [-0.2, 0) is 6.54 Å². The highest BCUT2D eigenvalue weighted by Gasteiger charge is 2.44. The maximum Gasteiger partial charge on any atom is 0.101 e. The molecule has 1 aliphatic carbocycles. The summed E-state index contributed by atoms with van der Waals surface area (Å²) in [5.74, 6) is 0.519. The summed E-state index contributed by atoms with van der Waals surface area (Å²) in [7, 11) is 0. The predicted molar refractivity (Wildman–Crippen MR) is 63.9 cm³/mol. The van der Waals surface area contributed by atoms with Crippen molar-refractivity contribution < 1.29 is 5.11 Å². The largest absolute Gasteiger partial charge is 0.387 e. The van der Waals surface area contributed by atoms with Crippen molar-refractivity contribution >= 4 is 0 Å². The minimum Gasteiger partial charge on any atom is -0.387 e. The molecule has 0 spiro atoms. The molecule has 0 aromatic carbocycles. The minimum absolute atomic E-state index is 0.519. The molecule has 4 nitrogen and oxygen atoms in total. The third-order valence-electron chi connectivity index (χ3n) is 3.83. The molecule has 1 aliphatic rings. The molecule has 0 amide bonds. The Hall–Kier alpha value is -1.34. The van der Waals surface area contributed by atoms with E-state index in [0.29, 0.717) is 5.92 Å². The van der Waals surface area contributed by atoms with Gasteiger partial charge in [0.15, 0.2) is 0 Å². The monoisotopic (exact) mass is 233 g/mol. The van der Waals surface area contributed by atoms with Gasteiger partial charge in [0, 0.05) is 18.3 Å². The molecule has 4 heteroatoms. The number of nitrogens with zero attached hydrogens (tertiary/aromatic N) is 3. The van der Waals surface area contributed by atoms with Crippen LogP contribution in [0.4, 0.5) is 0 Å². The summed E-state index contributed by atoms with van der Waals surface area (Å²) in [6.45, 7) is 4.92. The standard InChI is InChI=1S/C13H19N3O/c1-3-16-8-11(7-15-16)12(17)13(9-14)5-4-10(2)6-13/h7-8,10,12,17H,3-6H2,1-2H3. The fourth-order valence-corrected chi connectivity index (χ4v) is 2.75. The van der Waals surface area contributed by atoms with E-state index in [1.807, 2.05) is 13.1 Å². The number of aryl methyl sites for hydroxylation is 1. The smallest absolute Gasteiger partial charge is 0.101 e. The van der Waals surface area contributed by atoms with Crippen LogP contribution in [0.3, 0.4) is 0 Å². The van der Waals surface area contributed by atoms with Gasteiger partial charge in [-0.2, -0.15) is 10.4 Å². The van der Waals surface area contributed by atoms with E-state index in [0.717, 1.165) is 31.4 Å². The molecule has 0 aliphatic heterocycles. The molecule has 1 N–H and O–H groups in total. The highest BCUT2D eigenvalue weighted by molar-refractivity contribution is 5.19. The van der Waals surface area contributed by atoms with Crippen LogP contribution in [0.5, 0.6) is 0 Å². The average molecular weight is 233 g/mol. The van der Waals surface area contributed by atoms with Crippen LogP contribution in [0.2, 0.25) is 0 Å². The Balaban J connectivity index is 2.24. The zero-order valence-corrected chi connectivity index (χ0v) is 10.4. The summed E-state index contributed by atoms with van der Waals surface area (Å²) >= 11 is 0. The van der Waals surface area contributed by atoms with Crippen LogP contribution in [0.1, 0.15) is 44.8 Å². The second-order valence-corrected chi connectivity index (χ2v) is 5.15. The summed E-state index contributed by atoms with van der Waals surface area (Å²) in [4.78, 5) is 0. The lowest BCUT2D eigenvalue weighted by molar-refractivity contribution is 0.0646. The van der Waals surface area contributed by atoms with E-state index in [2.05, 4.69) is 18.1 Å². The van der Waals surface area contributed by atoms with E-state index in [1.54, 1.807) is 10.9 Å². The van der Waals surface area contributed by atoms with E-state index in [9.17, 15) is 10.4 Å². The van der Waals surface area contributed by atoms with E-state index in [1.165, 1.54) is 0 Å². The molecule has 1 saturated carbocycles. The molecule has 0 bridgehead atoms. The van der Waals surface area contributed by atoms with Crippen molar-refractivity contribution in [1.82, 2.24) is 9.78 Å².